The van der Waals surface area contributed by atoms with E-state index in [1.54, 1.807) is 0 Å². The van der Waals surface area contributed by atoms with Crippen LogP contribution in [0.1, 0.15) is 31.4 Å². The molecule has 1 aromatic carbocycles. The first-order valence-corrected chi connectivity index (χ1v) is 7.65. The summed E-state index contributed by atoms with van der Waals surface area (Å²) in [5.41, 5.74) is 2.14. The summed E-state index contributed by atoms with van der Waals surface area (Å²) in [5.74, 6) is 1.36. The molecule has 0 saturated heterocycles. The van der Waals surface area contributed by atoms with Crippen molar-refractivity contribution in [2.24, 2.45) is 5.92 Å². The highest BCUT2D eigenvalue weighted by Gasteiger charge is 2.13. The number of hydrogen-bond donors (Lipinski definition) is 3. The Bertz CT molecular complexity index is 400. The molecule has 0 aliphatic carbocycles. The molecule has 0 radical (unpaired) electrons. The molecule has 1 aromatic rings. The summed E-state index contributed by atoms with van der Waals surface area (Å²) in [6.07, 6.45) is 0.297. The predicted octanol–water partition coefficient (Wildman–Crippen LogP) is 2.04. The standard InChI is InChI=1S/C17H29NO3/c1-12(2)8-15(10-19)18-9-16(20)11-21-17-13(3)6-5-7-14(17)4/h5-7,12,15-16,18-20H,8-11H2,1-4H3. The molecule has 21 heavy (non-hydrogen) atoms. The van der Waals surface area contributed by atoms with E-state index in [2.05, 4.69) is 19.2 Å². The first-order chi connectivity index (χ1) is 9.93. The Morgan fingerprint density at radius 2 is 1.81 bits per heavy atom. The van der Waals surface area contributed by atoms with Crippen LogP contribution in [0.25, 0.3) is 0 Å². The normalized spacial score (nSPS) is 14.2. The average molecular weight is 295 g/mol. The van der Waals surface area contributed by atoms with Gasteiger partial charge in [0.15, 0.2) is 0 Å². The second-order valence-electron chi connectivity index (χ2n) is 6.10. The Morgan fingerprint density at radius 1 is 1.19 bits per heavy atom. The number of nitrogens with one attached hydrogen (secondary N) is 1. The van der Waals surface area contributed by atoms with Gasteiger partial charge >= 0.3 is 0 Å². The van der Waals surface area contributed by atoms with Crippen LogP contribution in [0.5, 0.6) is 5.75 Å². The van der Waals surface area contributed by atoms with E-state index in [0.717, 1.165) is 23.3 Å². The van der Waals surface area contributed by atoms with E-state index in [4.69, 9.17) is 4.74 Å². The fraction of sp³-hybridized carbons (Fsp3) is 0.647. The maximum absolute atomic E-state index is 10.0. The van der Waals surface area contributed by atoms with E-state index >= 15 is 0 Å². The zero-order chi connectivity index (χ0) is 15.8. The predicted molar refractivity (Wildman–Crippen MR) is 85.7 cm³/mol. The summed E-state index contributed by atoms with van der Waals surface area (Å²) >= 11 is 0. The Kier molecular flexibility index (Phi) is 7.72. The molecule has 0 amide bonds. The summed E-state index contributed by atoms with van der Waals surface area (Å²) < 4.78 is 5.72. The SMILES string of the molecule is Cc1cccc(C)c1OCC(O)CNC(CO)CC(C)C. The molecule has 2 atom stereocenters. The number of para-hydroxylation sites is 1. The van der Waals surface area contributed by atoms with Crippen molar-refractivity contribution in [2.45, 2.75) is 46.3 Å². The molecule has 1 rings (SSSR count). The number of aryl methyl sites for hydroxylation is 2. The van der Waals surface area contributed by atoms with Crippen molar-refractivity contribution >= 4 is 0 Å². The van der Waals surface area contributed by atoms with E-state index < -0.39 is 6.10 Å². The molecule has 0 aromatic heterocycles. The van der Waals surface area contributed by atoms with Crippen molar-refractivity contribution < 1.29 is 14.9 Å². The Morgan fingerprint density at radius 3 is 2.33 bits per heavy atom. The monoisotopic (exact) mass is 295 g/mol. The quantitative estimate of drug-likeness (QED) is 0.652. The van der Waals surface area contributed by atoms with Gasteiger partial charge in [0, 0.05) is 12.6 Å². The lowest BCUT2D eigenvalue weighted by Crippen LogP contribution is -2.40. The Balaban J connectivity index is 2.38. The molecule has 0 bridgehead atoms. The highest BCUT2D eigenvalue weighted by Crippen LogP contribution is 2.22. The summed E-state index contributed by atoms with van der Waals surface area (Å²) in [5, 5.41) is 22.5. The Labute approximate surface area is 128 Å². The minimum Gasteiger partial charge on any atom is -0.490 e. The van der Waals surface area contributed by atoms with Crippen LogP contribution in [0.2, 0.25) is 0 Å². The first-order valence-electron chi connectivity index (χ1n) is 7.65. The molecule has 0 heterocycles. The van der Waals surface area contributed by atoms with Crippen molar-refractivity contribution in [2.75, 3.05) is 19.8 Å². The van der Waals surface area contributed by atoms with Crippen LogP contribution in [0.15, 0.2) is 18.2 Å². The largest absolute Gasteiger partial charge is 0.490 e. The van der Waals surface area contributed by atoms with Gasteiger partial charge in [-0.25, -0.2) is 0 Å². The fourth-order valence-electron chi connectivity index (χ4n) is 2.36. The molecule has 0 saturated carbocycles. The Hall–Kier alpha value is -1.10. The molecule has 120 valence electrons. The van der Waals surface area contributed by atoms with Crippen LogP contribution in [0.4, 0.5) is 0 Å². The van der Waals surface area contributed by atoms with Gasteiger partial charge in [-0.15, -0.1) is 0 Å². The van der Waals surface area contributed by atoms with Gasteiger partial charge in [0.05, 0.1) is 6.61 Å². The third-order valence-corrected chi connectivity index (χ3v) is 3.45. The van der Waals surface area contributed by atoms with Crippen molar-refractivity contribution in [3.05, 3.63) is 29.3 Å². The number of aliphatic hydroxyl groups excluding tert-OH is 2. The van der Waals surface area contributed by atoms with E-state index in [9.17, 15) is 10.2 Å². The molecule has 2 unspecified atom stereocenters. The van der Waals surface area contributed by atoms with Gasteiger partial charge in [0.1, 0.15) is 18.5 Å². The van der Waals surface area contributed by atoms with E-state index in [1.165, 1.54) is 0 Å². The lowest BCUT2D eigenvalue weighted by molar-refractivity contribution is 0.0975. The first kappa shape index (κ1) is 18.0. The van der Waals surface area contributed by atoms with Gasteiger partial charge in [-0.05, 0) is 37.3 Å². The molecule has 4 nitrogen and oxygen atoms in total. The third-order valence-electron chi connectivity index (χ3n) is 3.45. The minimum absolute atomic E-state index is 0.0276. The highest BCUT2D eigenvalue weighted by molar-refractivity contribution is 5.39. The summed E-state index contributed by atoms with van der Waals surface area (Å²) in [4.78, 5) is 0. The van der Waals surface area contributed by atoms with E-state index in [-0.39, 0.29) is 19.3 Å². The second kappa shape index (κ2) is 9.03. The summed E-state index contributed by atoms with van der Waals surface area (Å²) in [7, 11) is 0. The lowest BCUT2D eigenvalue weighted by atomic mass is 10.0. The van der Waals surface area contributed by atoms with E-state index in [0.29, 0.717) is 12.5 Å². The van der Waals surface area contributed by atoms with Crippen LogP contribution >= 0.6 is 0 Å². The maximum Gasteiger partial charge on any atom is 0.125 e. The van der Waals surface area contributed by atoms with Gasteiger partial charge in [-0.3, -0.25) is 0 Å². The molecule has 0 aliphatic heterocycles. The van der Waals surface area contributed by atoms with Crippen LogP contribution in [0, 0.1) is 19.8 Å². The van der Waals surface area contributed by atoms with E-state index in [1.807, 2.05) is 32.0 Å². The molecule has 0 spiro atoms. The minimum atomic E-state index is -0.592. The smallest absolute Gasteiger partial charge is 0.125 e. The van der Waals surface area contributed by atoms with Gasteiger partial charge < -0.3 is 20.3 Å². The molecule has 0 aliphatic rings. The number of ether oxygens (including phenoxy) is 1. The van der Waals surface area contributed by atoms with Crippen molar-refractivity contribution in [3.63, 3.8) is 0 Å². The van der Waals surface area contributed by atoms with Crippen LogP contribution in [0.3, 0.4) is 0 Å². The van der Waals surface area contributed by atoms with Gasteiger partial charge in [0.2, 0.25) is 0 Å². The third kappa shape index (κ3) is 6.46. The van der Waals surface area contributed by atoms with Crippen molar-refractivity contribution in [1.82, 2.24) is 5.32 Å². The van der Waals surface area contributed by atoms with Crippen LogP contribution in [-0.2, 0) is 0 Å². The van der Waals surface area contributed by atoms with Crippen LogP contribution in [-0.4, -0.2) is 42.1 Å². The summed E-state index contributed by atoms with van der Waals surface area (Å²) in [6, 6.07) is 6.02. The summed E-state index contributed by atoms with van der Waals surface area (Å²) in [6.45, 7) is 8.98. The van der Waals surface area contributed by atoms with Crippen molar-refractivity contribution in [1.29, 1.82) is 0 Å². The molecule has 4 heteroatoms. The maximum atomic E-state index is 10.0. The van der Waals surface area contributed by atoms with Crippen LogP contribution < -0.4 is 10.1 Å². The lowest BCUT2D eigenvalue weighted by Gasteiger charge is -2.21. The van der Waals surface area contributed by atoms with Crippen molar-refractivity contribution in [3.8, 4) is 5.75 Å². The second-order valence-corrected chi connectivity index (χ2v) is 6.10. The topological polar surface area (TPSA) is 61.7 Å². The number of hydrogen-bond acceptors (Lipinski definition) is 4. The van der Waals surface area contributed by atoms with Gasteiger partial charge in [-0.1, -0.05) is 32.0 Å². The molecule has 3 N–H and O–H groups in total. The highest BCUT2D eigenvalue weighted by atomic mass is 16.5. The zero-order valence-electron chi connectivity index (χ0n) is 13.6. The van der Waals surface area contributed by atoms with Gasteiger partial charge in [0.25, 0.3) is 0 Å². The molecular weight excluding hydrogens is 266 g/mol. The number of benzene rings is 1. The number of rotatable bonds is 9. The fourth-order valence-corrected chi connectivity index (χ4v) is 2.36. The molecular formula is C17H29NO3. The molecule has 0 fully saturated rings. The van der Waals surface area contributed by atoms with Gasteiger partial charge in [-0.2, -0.15) is 0 Å². The zero-order valence-corrected chi connectivity index (χ0v) is 13.6. The number of aliphatic hydroxyl groups is 2. The average Bonchev–Trinajstić information content (AvgIpc) is 2.42.